The maximum Gasteiger partial charge on any atom is 0.407 e. The molecule has 0 atom stereocenters. The molecule has 6 nitrogen and oxygen atoms in total. The van der Waals surface area contributed by atoms with Crippen LogP contribution in [0, 0.1) is 0 Å². The number of hydrogen-bond donors (Lipinski definition) is 2. The number of hydrogen-bond acceptors (Lipinski definition) is 6. The predicted octanol–water partition coefficient (Wildman–Crippen LogP) is 3.80. The van der Waals surface area contributed by atoms with E-state index in [1.54, 1.807) is 6.20 Å². The molecular weight excluding hydrogens is 336 g/mol. The number of amides is 1. The Balaban J connectivity index is 1.81. The molecule has 0 aromatic carbocycles. The summed E-state index contributed by atoms with van der Waals surface area (Å²) in [6.45, 7) is 6.36. The Morgan fingerprint density at radius 2 is 2.17 bits per heavy atom. The van der Waals surface area contributed by atoms with Crippen molar-refractivity contribution >= 4 is 35.0 Å². The van der Waals surface area contributed by atoms with Gasteiger partial charge in [-0.15, -0.1) is 11.3 Å². The molecule has 0 bridgehead atoms. The zero-order valence-corrected chi connectivity index (χ0v) is 14.8. The van der Waals surface area contributed by atoms with Gasteiger partial charge in [-0.2, -0.15) is 0 Å². The van der Waals surface area contributed by atoms with Crippen LogP contribution in [-0.2, 0) is 4.74 Å². The molecule has 124 valence electrons. The second-order valence-corrected chi connectivity index (χ2v) is 7.30. The summed E-state index contributed by atoms with van der Waals surface area (Å²) in [4.78, 5) is 20.1. The van der Waals surface area contributed by atoms with E-state index >= 15 is 0 Å². The minimum atomic E-state index is -0.503. The predicted molar refractivity (Wildman–Crippen MR) is 93.1 cm³/mol. The lowest BCUT2D eigenvalue weighted by molar-refractivity contribution is 0.0530. The SMILES string of the molecule is CC(C)(C)OC(=O)NCCNc1nccc(-c2csc(Cl)c2)n1. The Kier molecular flexibility index (Phi) is 5.79. The maximum atomic E-state index is 11.5. The molecule has 2 aromatic heterocycles. The molecule has 23 heavy (non-hydrogen) atoms. The average molecular weight is 355 g/mol. The second kappa shape index (κ2) is 7.61. The third-order valence-corrected chi connectivity index (χ3v) is 3.69. The lowest BCUT2D eigenvalue weighted by Crippen LogP contribution is -2.35. The van der Waals surface area contributed by atoms with E-state index in [1.165, 1.54) is 11.3 Å². The molecule has 0 unspecified atom stereocenters. The van der Waals surface area contributed by atoms with Crippen molar-refractivity contribution in [1.29, 1.82) is 0 Å². The van der Waals surface area contributed by atoms with E-state index in [9.17, 15) is 4.79 Å². The highest BCUT2D eigenvalue weighted by molar-refractivity contribution is 7.14. The Labute approximate surface area is 144 Å². The molecule has 0 saturated heterocycles. The van der Waals surface area contributed by atoms with Crippen LogP contribution in [0.15, 0.2) is 23.7 Å². The quantitative estimate of drug-likeness (QED) is 0.799. The van der Waals surface area contributed by atoms with E-state index in [4.69, 9.17) is 16.3 Å². The van der Waals surface area contributed by atoms with Gasteiger partial charge in [-0.1, -0.05) is 11.6 Å². The topological polar surface area (TPSA) is 76.1 Å². The van der Waals surface area contributed by atoms with Gasteiger partial charge in [0.05, 0.1) is 10.0 Å². The van der Waals surface area contributed by atoms with Gasteiger partial charge in [-0.05, 0) is 32.9 Å². The van der Waals surface area contributed by atoms with Crippen LogP contribution in [-0.4, -0.2) is 34.8 Å². The monoisotopic (exact) mass is 354 g/mol. The van der Waals surface area contributed by atoms with Crippen molar-refractivity contribution in [3.63, 3.8) is 0 Å². The lowest BCUT2D eigenvalue weighted by atomic mass is 10.2. The van der Waals surface area contributed by atoms with Crippen molar-refractivity contribution < 1.29 is 9.53 Å². The summed E-state index contributed by atoms with van der Waals surface area (Å²) >= 11 is 7.39. The fourth-order valence-electron chi connectivity index (χ4n) is 1.70. The summed E-state index contributed by atoms with van der Waals surface area (Å²) in [6.07, 6.45) is 1.24. The number of carbonyl (C=O) groups is 1. The molecule has 2 N–H and O–H groups in total. The van der Waals surface area contributed by atoms with Crippen molar-refractivity contribution in [3.05, 3.63) is 28.0 Å². The summed E-state index contributed by atoms with van der Waals surface area (Å²) in [5.41, 5.74) is 1.25. The molecule has 0 aliphatic heterocycles. The molecule has 0 fully saturated rings. The minimum Gasteiger partial charge on any atom is -0.444 e. The highest BCUT2D eigenvalue weighted by atomic mass is 35.5. The molecule has 1 amide bonds. The first-order chi connectivity index (χ1) is 10.8. The summed E-state index contributed by atoms with van der Waals surface area (Å²) in [5.74, 6) is 0.496. The van der Waals surface area contributed by atoms with Crippen molar-refractivity contribution in [2.45, 2.75) is 26.4 Å². The van der Waals surface area contributed by atoms with Crippen molar-refractivity contribution in [1.82, 2.24) is 15.3 Å². The van der Waals surface area contributed by atoms with E-state index in [0.29, 0.717) is 19.0 Å². The molecule has 2 rings (SSSR count). The van der Waals surface area contributed by atoms with E-state index in [1.807, 2.05) is 38.3 Å². The summed E-state index contributed by atoms with van der Waals surface area (Å²) in [5, 5.41) is 7.66. The van der Waals surface area contributed by atoms with E-state index < -0.39 is 11.7 Å². The Bertz CT molecular complexity index is 669. The average Bonchev–Trinajstić information content (AvgIpc) is 2.89. The summed E-state index contributed by atoms with van der Waals surface area (Å²) < 4.78 is 5.87. The van der Waals surface area contributed by atoms with Gasteiger partial charge in [-0.3, -0.25) is 0 Å². The summed E-state index contributed by atoms with van der Waals surface area (Å²) in [7, 11) is 0. The fraction of sp³-hybridized carbons (Fsp3) is 0.400. The van der Waals surface area contributed by atoms with Crippen LogP contribution in [0.5, 0.6) is 0 Å². The Morgan fingerprint density at radius 3 is 2.83 bits per heavy atom. The number of nitrogens with one attached hydrogen (secondary N) is 2. The van der Waals surface area contributed by atoms with Crippen molar-refractivity contribution in [2.24, 2.45) is 0 Å². The summed E-state index contributed by atoms with van der Waals surface area (Å²) in [6, 6.07) is 3.69. The standard InChI is InChI=1S/C15H19ClN4O2S/c1-15(2,3)22-14(21)19-7-6-18-13-17-5-4-11(20-13)10-8-12(16)23-9-10/h4-5,8-9H,6-7H2,1-3H3,(H,19,21)(H,17,18,20). The molecule has 2 aromatic rings. The number of ether oxygens (including phenoxy) is 1. The van der Waals surface area contributed by atoms with Gasteiger partial charge in [-0.25, -0.2) is 14.8 Å². The van der Waals surface area contributed by atoms with Gasteiger partial charge >= 0.3 is 6.09 Å². The number of nitrogens with zero attached hydrogens (tertiary/aromatic N) is 2. The van der Waals surface area contributed by atoms with Crippen LogP contribution >= 0.6 is 22.9 Å². The second-order valence-electron chi connectivity index (χ2n) is 5.76. The smallest absolute Gasteiger partial charge is 0.407 e. The zero-order valence-electron chi connectivity index (χ0n) is 13.2. The van der Waals surface area contributed by atoms with Gasteiger partial charge in [0.1, 0.15) is 5.60 Å². The molecular formula is C15H19ClN4O2S. The normalized spacial score (nSPS) is 11.1. The van der Waals surface area contributed by atoms with E-state index in [-0.39, 0.29) is 0 Å². The van der Waals surface area contributed by atoms with E-state index in [2.05, 4.69) is 20.6 Å². The van der Waals surface area contributed by atoms with Gasteiger partial charge < -0.3 is 15.4 Å². The molecule has 2 heterocycles. The van der Waals surface area contributed by atoms with Crippen LogP contribution in [0.25, 0.3) is 11.3 Å². The lowest BCUT2D eigenvalue weighted by Gasteiger charge is -2.19. The Hall–Kier alpha value is -1.86. The maximum absolute atomic E-state index is 11.5. The number of thiophene rings is 1. The number of carbonyl (C=O) groups excluding carboxylic acids is 1. The molecule has 0 radical (unpaired) electrons. The van der Waals surface area contributed by atoms with Gasteiger partial charge in [0.2, 0.25) is 5.95 Å². The third-order valence-electron chi connectivity index (χ3n) is 2.60. The van der Waals surface area contributed by atoms with Crippen molar-refractivity contribution in [3.8, 4) is 11.3 Å². The highest BCUT2D eigenvalue weighted by Gasteiger charge is 2.15. The number of aromatic nitrogens is 2. The highest BCUT2D eigenvalue weighted by Crippen LogP contribution is 2.27. The third kappa shape index (κ3) is 6.03. The van der Waals surface area contributed by atoms with Gasteiger partial charge in [0.25, 0.3) is 0 Å². The fourth-order valence-corrected chi connectivity index (χ4v) is 2.58. The molecule has 0 saturated carbocycles. The van der Waals surface area contributed by atoms with Crippen LogP contribution in [0.1, 0.15) is 20.8 Å². The first-order valence-electron chi connectivity index (χ1n) is 7.12. The number of anilines is 1. The largest absolute Gasteiger partial charge is 0.444 e. The first-order valence-corrected chi connectivity index (χ1v) is 8.37. The number of halogens is 1. The number of rotatable bonds is 5. The van der Waals surface area contributed by atoms with Crippen LogP contribution in [0.2, 0.25) is 4.34 Å². The molecule has 0 aliphatic rings. The molecule has 8 heteroatoms. The van der Waals surface area contributed by atoms with Crippen LogP contribution in [0.4, 0.5) is 10.7 Å². The Morgan fingerprint density at radius 1 is 1.39 bits per heavy atom. The molecule has 0 aliphatic carbocycles. The van der Waals surface area contributed by atoms with Gasteiger partial charge in [0.15, 0.2) is 0 Å². The first kappa shape index (κ1) is 17.5. The minimum absolute atomic E-state index is 0.410. The number of alkyl carbamates (subject to hydrolysis) is 1. The van der Waals surface area contributed by atoms with Crippen LogP contribution < -0.4 is 10.6 Å². The van der Waals surface area contributed by atoms with Crippen molar-refractivity contribution in [2.75, 3.05) is 18.4 Å². The molecule has 0 spiro atoms. The van der Waals surface area contributed by atoms with Crippen LogP contribution in [0.3, 0.4) is 0 Å². The van der Waals surface area contributed by atoms with Gasteiger partial charge in [0, 0.05) is 30.2 Å². The zero-order chi connectivity index (χ0) is 16.9. The van der Waals surface area contributed by atoms with E-state index in [0.717, 1.165) is 15.6 Å².